The van der Waals surface area contributed by atoms with E-state index in [9.17, 15) is 14.9 Å². The summed E-state index contributed by atoms with van der Waals surface area (Å²) in [6, 6.07) is 4.33. The monoisotopic (exact) mass is 311 g/mol. The predicted molar refractivity (Wildman–Crippen MR) is 80.1 cm³/mol. The third-order valence-electron chi connectivity index (χ3n) is 3.15. The number of nitro benzene ring substituents is 1. The molecule has 0 aliphatic rings. The van der Waals surface area contributed by atoms with Crippen LogP contribution in [0, 0.1) is 10.1 Å². The molecule has 0 aliphatic heterocycles. The number of methoxy groups -OCH3 is 1. The number of nitrogens with zero attached hydrogens (tertiary/aromatic N) is 1. The van der Waals surface area contributed by atoms with Crippen LogP contribution in [0.5, 0.6) is 5.75 Å². The molecular formula is C15H21NO6. The third-order valence-corrected chi connectivity index (χ3v) is 3.15. The Hall–Kier alpha value is -1.99. The van der Waals surface area contributed by atoms with Gasteiger partial charge in [-0.15, -0.1) is 0 Å². The van der Waals surface area contributed by atoms with Crippen LogP contribution in [0.2, 0.25) is 0 Å². The number of hydrogen-bond donors (Lipinski definition) is 0. The van der Waals surface area contributed by atoms with E-state index in [0.29, 0.717) is 30.8 Å². The van der Waals surface area contributed by atoms with Crippen LogP contribution in [0.25, 0.3) is 0 Å². The molecule has 0 aromatic heterocycles. The molecular weight excluding hydrogens is 290 g/mol. The zero-order valence-corrected chi connectivity index (χ0v) is 13.0. The maximum Gasteiger partial charge on any atom is 0.273 e. The standard InChI is InChI=1S/C15H21NO6/c1-4-21-15(22-5-2)8-11(10-17)13-9-12(20-3)6-7-14(13)16(18)19/h6-7,9-11,15H,4-5,8H2,1-3H3. The van der Waals surface area contributed by atoms with Crippen LogP contribution in [-0.4, -0.2) is 37.8 Å². The summed E-state index contributed by atoms with van der Waals surface area (Å²) in [4.78, 5) is 22.1. The number of nitro groups is 1. The quantitative estimate of drug-likeness (QED) is 0.286. The lowest BCUT2D eigenvalue weighted by molar-refractivity contribution is -0.385. The van der Waals surface area contributed by atoms with Gasteiger partial charge in [0.25, 0.3) is 5.69 Å². The molecule has 1 atom stereocenters. The van der Waals surface area contributed by atoms with Gasteiger partial charge in [-0.25, -0.2) is 0 Å². The lowest BCUT2D eigenvalue weighted by Crippen LogP contribution is -2.21. The third kappa shape index (κ3) is 4.78. The number of rotatable bonds is 10. The average molecular weight is 311 g/mol. The second-order valence-corrected chi connectivity index (χ2v) is 4.50. The minimum Gasteiger partial charge on any atom is -0.497 e. The predicted octanol–water partition coefficient (Wildman–Crippen LogP) is 2.68. The summed E-state index contributed by atoms with van der Waals surface area (Å²) in [7, 11) is 1.46. The van der Waals surface area contributed by atoms with E-state index < -0.39 is 17.1 Å². The summed E-state index contributed by atoms with van der Waals surface area (Å²) < 4.78 is 15.9. The molecule has 1 aromatic carbocycles. The zero-order chi connectivity index (χ0) is 16.5. The minimum atomic E-state index is -0.710. The first-order valence-corrected chi connectivity index (χ1v) is 7.08. The summed E-state index contributed by atoms with van der Waals surface area (Å²) in [6.45, 7) is 4.48. The molecule has 0 bridgehead atoms. The molecule has 122 valence electrons. The van der Waals surface area contributed by atoms with Gasteiger partial charge in [-0.2, -0.15) is 0 Å². The molecule has 7 heteroatoms. The average Bonchev–Trinajstić information content (AvgIpc) is 2.52. The van der Waals surface area contributed by atoms with E-state index in [4.69, 9.17) is 14.2 Å². The van der Waals surface area contributed by atoms with Gasteiger partial charge in [0.1, 0.15) is 12.0 Å². The highest BCUT2D eigenvalue weighted by Gasteiger charge is 2.26. The number of ether oxygens (including phenoxy) is 3. The Kier molecular flexibility index (Phi) is 7.48. The number of carbonyl (C=O) groups is 1. The molecule has 0 aliphatic carbocycles. The summed E-state index contributed by atoms with van der Waals surface area (Å²) in [5.74, 6) is -0.254. The van der Waals surface area contributed by atoms with Crippen molar-refractivity contribution < 1.29 is 23.9 Å². The fraction of sp³-hybridized carbons (Fsp3) is 0.533. The van der Waals surface area contributed by atoms with Crippen molar-refractivity contribution in [2.24, 2.45) is 0 Å². The van der Waals surface area contributed by atoms with Crippen LogP contribution in [-0.2, 0) is 14.3 Å². The summed E-state index contributed by atoms with van der Waals surface area (Å²) in [5.41, 5.74) is 0.174. The molecule has 0 saturated heterocycles. The maximum absolute atomic E-state index is 11.4. The second-order valence-electron chi connectivity index (χ2n) is 4.50. The number of aldehydes is 1. The van der Waals surface area contributed by atoms with E-state index in [0.717, 1.165) is 0 Å². The van der Waals surface area contributed by atoms with Crippen molar-refractivity contribution >= 4 is 12.0 Å². The Labute approximate surface area is 129 Å². The van der Waals surface area contributed by atoms with Crippen molar-refractivity contribution in [1.82, 2.24) is 0 Å². The van der Waals surface area contributed by atoms with Crippen LogP contribution in [0.1, 0.15) is 31.7 Å². The molecule has 1 unspecified atom stereocenters. The van der Waals surface area contributed by atoms with Crippen molar-refractivity contribution in [1.29, 1.82) is 0 Å². The van der Waals surface area contributed by atoms with Gasteiger partial charge < -0.3 is 19.0 Å². The summed E-state index contributed by atoms with van der Waals surface area (Å²) in [6.07, 6.45) is 0.294. The van der Waals surface area contributed by atoms with E-state index >= 15 is 0 Å². The molecule has 0 radical (unpaired) electrons. The smallest absolute Gasteiger partial charge is 0.273 e. The topological polar surface area (TPSA) is 87.9 Å². The lowest BCUT2D eigenvalue weighted by atomic mass is 9.95. The van der Waals surface area contributed by atoms with Crippen LogP contribution in [0.4, 0.5) is 5.69 Å². The molecule has 0 spiro atoms. The van der Waals surface area contributed by atoms with Gasteiger partial charge in [-0.05, 0) is 26.0 Å². The van der Waals surface area contributed by atoms with E-state index in [1.54, 1.807) is 0 Å². The largest absolute Gasteiger partial charge is 0.497 e. The first kappa shape index (κ1) is 18.1. The van der Waals surface area contributed by atoms with Gasteiger partial charge in [0, 0.05) is 31.3 Å². The summed E-state index contributed by atoms with van der Waals surface area (Å²) >= 11 is 0. The van der Waals surface area contributed by atoms with E-state index in [-0.39, 0.29) is 12.1 Å². The fourth-order valence-corrected chi connectivity index (χ4v) is 2.14. The van der Waals surface area contributed by atoms with E-state index in [1.165, 1.54) is 25.3 Å². The Bertz CT molecular complexity index is 499. The molecule has 0 fully saturated rings. The highest BCUT2D eigenvalue weighted by molar-refractivity contribution is 5.66. The Morgan fingerprint density at radius 2 is 1.91 bits per heavy atom. The molecule has 7 nitrogen and oxygen atoms in total. The van der Waals surface area contributed by atoms with E-state index in [2.05, 4.69) is 0 Å². The number of benzene rings is 1. The molecule has 0 N–H and O–H groups in total. The molecule has 0 heterocycles. The van der Waals surface area contributed by atoms with Gasteiger partial charge in [0.15, 0.2) is 6.29 Å². The van der Waals surface area contributed by atoms with Crippen molar-refractivity contribution in [3.05, 3.63) is 33.9 Å². The fourth-order valence-electron chi connectivity index (χ4n) is 2.14. The maximum atomic E-state index is 11.4. The van der Waals surface area contributed by atoms with E-state index in [1.807, 2.05) is 13.8 Å². The molecule has 22 heavy (non-hydrogen) atoms. The van der Waals surface area contributed by atoms with Gasteiger partial charge in [-0.1, -0.05) is 0 Å². The molecule has 1 aromatic rings. The Morgan fingerprint density at radius 1 is 1.27 bits per heavy atom. The Balaban J connectivity index is 3.11. The van der Waals surface area contributed by atoms with Crippen LogP contribution >= 0.6 is 0 Å². The van der Waals surface area contributed by atoms with Gasteiger partial charge in [0.2, 0.25) is 0 Å². The van der Waals surface area contributed by atoms with Crippen LogP contribution in [0.15, 0.2) is 18.2 Å². The normalized spacial score (nSPS) is 12.2. The van der Waals surface area contributed by atoms with Gasteiger partial charge in [0.05, 0.1) is 18.0 Å². The van der Waals surface area contributed by atoms with Crippen molar-refractivity contribution in [3.63, 3.8) is 0 Å². The molecule has 1 rings (SSSR count). The first-order chi connectivity index (χ1) is 10.6. The van der Waals surface area contributed by atoms with Crippen molar-refractivity contribution in [3.8, 4) is 5.75 Å². The minimum absolute atomic E-state index is 0.121. The van der Waals surface area contributed by atoms with Gasteiger partial charge >= 0.3 is 0 Å². The van der Waals surface area contributed by atoms with Crippen LogP contribution < -0.4 is 4.74 Å². The van der Waals surface area contributed by atoms with Crippen LogP contribution in [0.3, 0.4) is 0 Å². The molecule has 0 amide bonds. The zero-order valence-electron chi connectivity index (χ0n) is 13.0. The number of hydrogen-bond acceptors (Lipinski definition) is 6. The summed E-state index contributed by atoms with van der Waals surface area (Å²) in [5, 5.41) is 11.2. The number of carbonyl (C=O) groups excluding carboxylic acids is 1. The van der Waals surface area contributed by atoms with Gasteiger partial charge in [-0.3, -0.25) is 10.1 Å². The second kappa shape index (κ2) is 9.11. The first-order valence-electron chi connectivity index (χ1n) is 7.08. The van der Waals surface area contributed by atoms with Crippen molar-refractivity contribution in [2.45, 2.75) is 32.5 Å². The molecule has 0 saturated carbocycles. The Morgan fingerprint density at radius 3 is 2.36 bits per heavy atom. The highest BCUT2D eigenvalue weighted by Crippen LogP contribution is 2.32. The SMILES string of the molecule is CCOC(CC(C=O)c1cc(OC)ccc1[N+](=O)[O-])OCC. The van der Waals surface area contributed by atoms with Crippen molar-refractivity contribution in [2.75, 3.05) is 20.3 Å². The highest BCUT2D eigenvalue weighted by atomic mass is 16.7. The lowest BCUT2D eigenvalue weighted by Gasteiger charge is -2.20.